The third kappa shape index (κ3) is 4.41. The number of rotatable bonds is 9. The molecule has 6 heteroatoms. The Morgan fingerprint density at radius 1 is 0.897 bits per heavy atom. The molecule has 0 radical (unpaired) electrons. The van der Waals surface area contributed by atoms with Gasteiger partial charge in [0, 0.05) is 19.6 Å². The van der Waals surface area contributed by atoms with Crippen molar-refractivity contribution in [3.63, 3.8) is 0 Å². The minimum Gasteiger partial charge on any atom is -0.493 e. The van der Waals surface area contributed by atoms with Crippen LogP contribution in [0, 0.1) is 0 Å². The Bertz CT molecular complexity index is 781. The normalized spacial score (nSPS) is 17.3. The predicted molar refractivity (Wildman–Crippen MR) is 113 cm³/mol. The average Bonchev–Trinajstić information content (AvgIpc) is 3.01. The van der Waals surface area contributed by atoms with Crippen LogP contribution in [0.4, 0.5) is 0 Å². The standard InChI is InChI=1S/C23H32N2O4/c1-4-5-6-10-15-25-22(26)20(17-11-12-18(28-2)19(16-17)29-3)21(23(25)27)24-13-8-7-9-14-24/h11-12,16H,4-10,13-15H2,1-3H3. The lowest BCUT2D eigenvalue weighted by atomic mass is 10.0. The molecule has 1 aromatic rings. The number of nitrogens with zero attached hydrogens (tertiary/aromatic N) is 2. The zero-order valence-corrected chi connectivity index (χ0v) is 17.8. The summed E-state index contributed by atoms with van der Waals surface area (Å²) in [5.41, 5.74) is 1.75. The highest BCUT2D eigenvalue weighted by molar-refractivity contribution is 6.35. The van der Waals surface area contributed by atoms with Crippen LogP contribution in [-0.2, 0) is 9.59 Å². The van der Waals surface area contributed by atoms with E-state index in [1.165, 1.54) is 11.3 Å². The van der Waals surface area contributed by atoms with E-state index in [1.807, 2.05) is 6.07 Å². The lowest BCUT2D eigenvalue weighted by molar-refractivity contribution is -0.137. The van der Waals surface area contributed by atoms with Crippen molar-refractivity contribution in [1.29, 1.82) is 0 Å². The molecular weight excluding hydrogens is 368 g/mol. The van der Waals surface area contributed by atoms with Crippen LogP contribution in [0.1, 0.15) is 57.4 Å². The molecule has 1 fully saturated rings. The van der Waals surface area contributed by atoms with Gasteiger partial charge in [0.2, 0.25) is 0 Å². The molecule has 2 heterocycles. The minimum absolute atomic E-state index is 0.154. The lowest BCUT2D eigenvalue weighted by Crippen LogP contribution is -2.37. The van der Waals surface area contributed by atoms with Crippen LogP contribution in [0.3, 0.4) is 0 Å². The summed E-state index contributed by atoms with van der Waals surface area (Å²) in [5, 5.41) is 0. The van der Waals surface area contributed by atoms with Crippen LogP contribution in [0.15, 0.2) is 23.9 Å². The number of unbranched alkanes of at least 4 members (excludes halogenated alkanes) is 3. The Morgan fingerprint density at radius 2 is 1.62 bits per heavy atom. The largest absolute Gasteiger partial charge is 0.493 e. The first kappa shape index (κ1) is 21.2. The van der Waals surface area contributed by atoms with Gasteiger partial charge in [0.1, 0.15) is 5.70 Å². The summed E-state index contributed by atoms with van der Waals surface area (Å²) in [5.74, 6) is 0.805. The second-order valence-electron chi connectivity index (χ2n) is 7.66. The van der Waals surface area contributed by atoms with Gasteiger partial charge in [0.05, 0.1) is 19.8 Å². The van der Waals surface area contributed by atoms with Gasteiger partial charge in [-0.1, -0.05) is 32.3 Å². The van der Waals surface area contributed by atoms with Crippen molar-refractivity contribution in [1.82, 2.24) is 9.80 Å². The summed E-state index contributed by atoms with van der Waals surface area (Å²) in [7, 11) is 3.15. The second kappa shape index (κ2) is 9.81. The Labute approximate surface area is 173 Å². The maximum absolute atomic E-state index is 13.3. The Balaban J connectivity index is 1.97. The molecule has 0 bridgehead atoms. The number of carbonyl (C=O) groups is 2. The number of ether oxygens (including phenoxy) is 2. The van der Waals surface area contributed by atoms with Gasteiger partial charge in [-0.05, 0) is 43.4 Å². The summed E-state index contributed by atoms with van der Waals surface area (Å²) >= 11 is 0. The second-order valence-corrected chi connectivity index (χ2v) is 7.66. The van der Waals surface area contributed by atoms with Crippen molar-refractivity contribution in [2.45, 2.75) is 51.9 Å². The van der Waals surface area contributed by atoms with Crippen molar-refractivity contribution in [2.75, 3.05) is 33.9 Å². The zero-order valence-electron chi connectivity index (χ0n) is 17.8. The number of amides is 2. The van der Waals surface area contributed by atoms with E-state index < -0.39 is 0 Å². The first-order chi connectivity index (χ1) is 14.1. The number of carbonyl (C=O) groups excluding carboxylic acids is 2. The van der Waals surface area contributed by atoms with Gasteiger partial charge in [-0.25, -0.2) is 0 Å². The number of likely N-dealkylation sites (tertiary alicyclic amines) is 1. The van der Waals surface area contributed by atoms with Crippen LogP contribution >= 0.6 is 0 Å². The lowest BCUT2D eigenvalue weighted by Gasteiger charge is -2.29. The van der Waals surface area contributed by atoms with Crippen molar-refractivity contribution in [2.24, 2.45) is 0 Å². The molecule has 2 amide bonds. The molecule has 0 spiro atoms. The van der Waals surface area contributed by atoms with E-state index >= 15 is 0 Å². The third-order valence-electron chi connectivity index (χ3n) is 5.72. The molecule has 158 valence electrons. The molecule has 0 unspecified atom stereocenters. The van der Waals surface area contributed by atoms with Crippen LogP contribution in [0.25, 0.3) is 5.57 Å². The van der Waals surface area contributed by atoms with Crippen molar-refractivity contribution in [3.8, 4) is 11.5 Å². The zero-order chi connectivity index (χ0) is 20.8. The fourth-order valence-corrected chi connectivity index (χ4v) is 4.13. The van der Waals surface area contributed by atoms with Gasteiger partial charge < -0.3 is 14.4 Å². The summed E-state index contributed by atoms with van der Waals surface area (Å²) in [6, 6.07) is 5.42. The van der Waals surface area contributed by atoms with E-state index in [-0.39, 0.29) is 11.8 Å². The van der Waals surface area contributed by atoms with Gasteiger partial charge in [-0.3, -0.25) is 14.5 Å². The molecule has 1 aromatic carbocycles. The molecule has 29 heavy (non-hydrogen) atoms. The van der Waals surface area contributed by atoms with Gasteiger partial charge in [-0.15, -0.1) is 0 Å². The molecular formula is C23H32N2O4. The summed E-state index contributed by atoms with van der Waals surface area (Å²) in [4.78, 5) is 30.2. The van der Waals surface area contributed by atoms with E-state index in [9.17, 15) is 9.59 Å². The van der Waals surface area contributed by atoms with Gasteiger partial charge >= 0.3 is 0 Å². The smallest absolute Gasteiger partial charge is 0.277 e. The fraction of sp³-hybridized carbons (Fsp3) is 0.565. The maximum atomic E-state index is 13.3. The quantitative estimate of drug-likeness (QED) is 0.465. The molecule has 2 aliphatic heterocycles. The van der Waals surface area contributed by atoms with E-state index in [1.54, 1.807) is 26.4 Å². The Hall–Kier alpha value is -2.50. The minimum atomic E-state index is -0.195. The number of piperidine rings is 1. The van der Waals surface area contributed by atoms with Gasteiger partial charge in [0.25, 0.3) is 11.8 Å². The van der Waals surface area contributed by atoms with Crippen molar-refractivity contribution < 1.29 is 19.1 Å². The molecule has 6 nitrogen and oxygen atoms in total. The van der Waals surface area contributed by atoms with Crippen LogP contribution in [-0.4, -0.2) is 55.5 Å². The number of methoxy groups -OCH3 is 2. The number of benzene rings is 1. The highest BCUT2D eigenvalue weighted by Crippen LogP contribution is 2.37. The van der Waals surface area contributed by atoms with E-state index in [0.717, 1.165) is 51.6 Å². The number of hydrogen-bond donors (Lipinski definition) is 0. The molecule has 0 N–H and O–H groups in total. The maximum Gasteiger partial charge on any atom is 0.277 e. The van der Waals surface area contributed by atoms with E-state index in [4.69, 9.17) is 9.47 Å². The molecule has 2 aliphatic rings. The summed E-state index contributed by atoms with van der Waals surface area (Å²) < 4.78 is 10.8. The van der Waals surface area contributed by atoms with Crippen molar-refractivity contribution >= 4 is 17.4 Å². The summed E-state index contributed by atoms with van der Waals surface area (Å²) in [6.07, 6.45) is 7.36. The Morgan fingerprint density at radius 3 is 2.28 bits per heavy atom. The first-order valence-corrected chi connectivity index (χ1v) is 10.7. The molecule has 0 saturated carbocycles. The van der Waals surface area contributed by atoms with Crippen molar-refractivity contribution in [3.05, 3.63) is 29.5 Å². The first-order valence-electron chi connectivity index (χ1n) is 10.7. The molecule has 1 saturated heterocycles. The number of hydrogen-bond acceptors (Lipinski definition) is 5. The topological polar surface area (TPSA) is 59.1 Å². The highest BCUT2D eigenvalue weighted by atomic mass is 16.5. The molecule has 3 rings (SSSR count). The van der Waals surface area contributed by atoms with Crippen LogP contribution in [0.5, 0.6) is 11.5 Å². The van der Waals surface area contributed by atoms with E-state index in [0.29, 0.717) is 34.9 Å². The average molecular weight is 401 g/mol. The SMILES string of the molecule is CCCCCCN1C(=O)C(c2ccc(OC)c(OC)c2)=C(N2CCCCC2)C1=O. The van der Waals surface area contributed by atoms with Crippen LogP contribution < -0.4 is 9.47 Å². The molecule has 0 atom stereocenters. The van der Waals surface area contributed by atoms with Crippen LogP contribution in [0.2, 0.25) is 0 Å². The molecule has 0 aliphatic carbocycles. The summed E-state index contributed by atoms with van der Waals surface area (Å²) in [6.45, 7) is 4.26. The third-order valence-corrected chi connectivity index (χ3v) is 5.72. The van der Waals surface area contributed by atoms with E-state index in [2.05, 4.69) is 11.8 Å². The van der Waals surface area contributed by atoms with Gasteiger partial charge in [0.15, 0.2) is 11.5 Å². The molecule has 0 aromatic heterocycles. The monoisotopic (exact) mass is 400 g/mol. The highest BCUT2D eigenvalue weighted by Gasteiger charge is 2.41. The fourth-order valence-electron chi connectivity index (χ4n) is 4.13. The Kier molecular flexibility index (Phi) is 7.18. The van der Waals surface area contributed by atoms with Gasteiger partial charge in [-0.2, -0.15) is 0 Å². The predicted octanol–water partition coefficient (Wildman–Crippen LogP) is 3.85. The number of imide groups is 1.